The van der Waals surface area contributed by atoms with Crippen molar-refractivity contribution in [1.82, 2.24) is 10.6 Å². The molecule has 0 heterocycles. The van der Waals surface area contributed by atoms with Crippen molar-refractivity contribution in [1.29, 1.82) is 0 Å². The second-order valence-electron chi connectivity index (χ2n) is 5.71. The maximum Gasteiger partial charge on any atom is 0.331 e. The molecular weight excluding hydrogens is 303 g/mol. The zero-order valence-electron chi connectivity index (χ0n) is 13.2. The first-order valence-electron chi connectivity index (χ1n) is 6.89. The van der Waals surface area contributed by atoms with Crippen molar-refractivity contribution in [2.75, 3.05) is 6.61 Å². The van der Waals surface area contributed by atoms with Gasteiger partial charge < -0.3 is 10.1 Å². The van der Waals surface area contributed by atoms with Crippen LogP contribution in [0.5, 0.6) is 0 Å². The van der Waals surface area contributed by atoms with Crippen LogP contribution in [0.2, 0.25) is 0 Å². The van der Waals surface area contributed by atoms with Gasteiger partial charge in [-0.25, -0.2) is 14.0 Å². The third-order valence-corrected chi connectivity index (χ3v) is 2.39. The number of amides is 3. The van der Waals surface area contributed by atoms with Crippen molar-refractivity contribution in [2.24, 2.45) is 0 Å². The van der Waals surface area contributed by atoms with Gasteiger partial charge in [-0.05, 0) is 32.9 Å². The van der Waals surface area contributed by atoms with Gasteiger partial charge in [0.15, 0.2) is 6.61 Å². The largest absolute Gasteiger partial charge is 0.452 e. The van der Waals surface area contributed by atoms with Gasteiger partial charge in [-0.3, -0.25) is 10.1 Å². The summed E-state index contributed by atoms with van der Waals surface area (Å²) in [6.45, 7) is 4.65. The molecule has 0 saturated carbocycles. The predicted octanol–water partition coefficient (Wildman–Crippen LogP) is 2.01. The van der Waals surface area contributed by atoms with Crippen molar-refractivity contribution >= 4 is 24.0 Å². The molecule has 0 fully saturated rings. The molecule has 1 aromatic rings. The summed E-state index contributed by atoms with van der Waals surface area (Å²) >= 11 is 0. The molecule has 0 radical (unpaired) electrons. The first kappa shape index (κ1) is 18.3. The maximum atomic E-state index is 13.3. The smallest absolute Gasteiger partial charge is 0.331 e. The van der Waals surface area contributed by atoms with E-state index < -0.39 is 35.9 Å². The Kier molecular flexibility index (Phi) is 6.44. The molecule has 2 N–H and O–H groups in total. The molecule has 0 saturated heterocycles. The molecule has 0 aliphatic rings. The van der Waals surface area contributed by atoms with Crippen LogP contribution >= 0.6 is 0 Å². The molecule has 0 aliphatic heterocycles. The number of ether oxygens (including phenoxy) is 1. The number of urea groups is 1. The molecule has 1 rings (SSSR count). The monoisotopic (exact) mass is 322 g/mol. The Morgan fingerprint density at radius 2 is 1.87 bits per heavy atom. The van der Waals surface area contributed by atoms with E-state index in [1.807, 2.05) is 5.32 Å². The lowest BCUT2D eigenvalue weighted by atomic mass is 10.1. The van der Waals surface area contributed by atoms with Crippen LogP contribution in [0.4, 0.5) is 9.18 Å². The van der Waals surface area contributed by atoms with E-state index in [9.17, 15) is 18.8 Å². The number of carbonyl (C=O) groups excluding carboxylic acids is 3. The van der Waals surface area contributed by atoms with Crippen LogP contribution in [0.25, 0.3) is 6.08 Å². The number of benzene rings is 1. The molecule has 0 unspecified atom stereocenters. The Morgan fingerprint density at radius 1 is 1.22 bits per heavy atom. The van der Waals surface area contributed by atoms with Gasteiger partial charge in [-0.2, -0.15) is 0 Å². The number of imide groups is 1. The summed E-state index contributed by atoms with van der Waals surface area (Å²) in [5, 5.41) is 4.55. The van der Waals surface area contributed by atoms with Gasteiger partial charge in [0.1, 0.15) is 5.82 Å². The highest BCUT2D eigenvalue weighted by Gasteiger charge is 2.16. The molecule has 0 atom stereocenters. The Balaban J connectivity index is 2.40. The van der Waals surface area contributed by atoms with Crippen LogP contribution in [-0.2, 0) is 14.3 Å². The van der Waals surface area contributed by atoms with Crippen molar-refractivity contribution in [3.8, 4) is 0 Å². The van der Waals surface area contributed by atoms with Gasteiger partial charge in [-0.15, -0.1) is 0 Å². The Labute approximate surface area is 133 Å². The summed E-state index contributed by atoms with van der Waals surface area (Å²) in [5.41, 5.74) is -0.276. The van der Waals surface area contributed by atoms with E-state index in [4.69, 9.17) is 0 Å². The summed E-state index contributed by atoms with van der Waals surface area (Å²) in [7, 11) is 0. The lowest BCUT2D eigenvalue weighted by Crippen LogP contribution is -2.49. The van der Waals surface area contributed by atoms with Crippen molar-refractivity contribution in [3.05, 3.63) is 41.7 Å². The van der Waals surface area contributed by atoms with Crippen LogP contribution in [0, 0.1) is 5.82 Å². The third kappa shape index (κ3) is 7.75. The van der Waals surface area contributed by atoms with Gasteiger partial charge in [0, 0.05) is 17.2 Å². The Bertz CT molecular complexity index is 621. The van der Waals surface area contributed by atoms with E-state index in [2.05, 4.69) is 10.1 Å². The van der Waals surface area contributed by atoms with Gasteiger partial charge >= 0.3 is 12.0 Å². The molecule has 6 nitrogen and oxygen atoms in total. The second kappa shape index (κ2) is 8.07. The van der Waals surface area contributed by atoms with E-state index in [0.29, 0.717) is 0 Å². The van der Waals surface area contributed by atoms with E-state index in [1.54, 1.807) is 26.8 Å². The first-order valence-corrected chi connectivity index (χ1v) is 6.89. The number of hydrogen-bond donors (Lipinski definition) is 2. The van der Waals surface area contributed by atoms with Crippen molar-refractivity contribution in [2.45, 2.75) is 26.3 Å². The number of hydrogen-bond acceptors (Lipinski definition) is 4. The Hall–Kier alpha value is -2.70. The minimum absolute atomic E-state index is 0.221. The van der Waals surface area contributed by atoms with Gasteiger partial charge in [0.25, 0.3) is 5.91 Å². The average Bonchev–Trinajstić information content (AvgIpc) is 2.42. The third-order valence-electron chi connectivity index (χ3n) is 2.39. The van der Waals surface area contributed by atoms with Gasteiger partial charge in [0.05, 0.1) is 0 Å². The highest BCUT2D eigenvalue weighted by Crippen LogP contribution is 2.08. The molecule has 1 aromatic carbocycles. The zero-order chi connectivity index (χ0) is 17.5. The van der Waals surface area contributed by atoms with Gasteiger partial charge in [0.2, 0.25) is 0 Å². The highest BCUT2D eigenvalue weighted by molar-refractivity contribution is 5.96. The fourth-order valence-electron chi connectivity index (χ4n) is 1.49. The van der Waals surface area contributed by atoms with Crippen LogP contribution in [0.15, 0.2) is 30.3 Å². The molecular formula is C16H19FN2O4. The topological polar surface area (TPSA) is 84.5 Å². The van der Waals surface area contributed by atoms with Crippen LogP contribution in [-0.4, -0.2) is 30.1 Å². The van der Waals surface area contributed by atoms with Crippen LogP contribution < -0.4 is 10.6 Å². The number of rotatable bonds is 4. The number of nitrogens with one attached hydrogen (secondary N) is 2. The van der Waals surface area contributed by atoms with Crippen molar-refractivity contribution in [3.63, 3.8) is 0 Å². The number of halogens is 1. The van der Waals surface area contributed by atoms with E-state index in [1.165, 1.54) is 24.3 Å². The Morgan fingerprint density at radius 3 is 2.48 bits per heavy atom. The van der Waals surface area contributed by atoms with E-state index in [-0.39, 0.29) is 5.56 Å². The van der Waals surface area contributed by atoms with Crippen LogP contribution in [0.1, 0.15) is 26.3 Å². The molecule has 23 heavy (non-hydrogen) atoms. The minimum atomic E-state index is -0.820. The number of esters is 1. The lowest BCUT2D eigenvalue weighted by Gasteiger charge is -2.20. The standard InChI is InChI=1S/C16H19FN2O4/c1-16(2,3)19-15(22)18-13(20)10-23-14(21)9-8-11-6-4-5-7-12(11)17/h4-9H,10H2,1-3H3,(H2,18,19,20,22)/b9-8+. The summed E-state index contributed by atoms with van der Waals surface area (Å²) in [5.74, 6) is -2.06. The molecule has 124 valence electrons. The maximum absolute atomic E-state index is 13.3. The molecule has 0 aromatic heterocycles. The fourth-order valence-corrected chi connectivity index (χ4v) is 1.49. The number of carbonyl (C=O) groups is 3. The van der Waals surface area contributed by atoms with Crippen molar-refractivity contribution < 1.29 is 23.5 Å². The summed E-state index contributed by atoms with van der Waals surface area (Å²) in [6, 6.07) is 5.21. The average molecular weight is 322 g/mol. The first-order chi connectivity index (χ1) is 10.7. The summed E-state index contributed by atoms with van der Waals surface area (Å²) in [4.78, 5) is 34.3. The zero-order valence-corrected chi connectivity index (χ0v) is 13.2. The quantitative estimate of drug-likeness (QED) is 0.656. The fraction of sp³-hybridized carbons (Fsp3) is 0.312. The SMILES string of the molecule is CC(C)(C)NC(=O)NC(=O)COC(=O)/C=C/c1ccccc1F. The van der Waals surface area contributed by atoms with E-state index >= 15 is 0 Å². The molecule has 7 heteroatoms. The minimum Gasteiger partial charge on any atom is -0.452 e. The molecule has 0 bridgehead atoms. The summed E-state index contributed by atoms with van der Waals surface area (Å²) in [6.07, 6.45) is 2.24. The molecule has 3 amide bonds. The lowest BCUT2D eigenvalue weighted by molar-refractivity contribution is -0.143. The molecule has 0 aliphatic carbocycles. The predicted molar refractivity (Wildman–Crippen MR) is 82.8 cm³/mol. The van der Waals surface area contributed by atoms with Crippen LogP contribution in [0.3, 0.4) is 0 Å². The normalized spacial score (nSPS) is 11.1. The van der Waals surface area contributed by atoms with Gasteiger partial charge in [-0.1, -0.05) is 18.2 Å². The molecule has 0 spiro atoms. The van der Waals surface area contributed by atoms with E-state index in [0.717, 1.165) is 6.08 Å². The second-order valence-corrected chi connectivity index (χ2v) is 5.71. The highest BCUT2D eigenvalue weighted by atomic mass is 19.1. The summed E-state index contributed by atoms with van der Waals surface area (Å²) < 4.78 is 18.0.